The zero-order valence-electron chi connectivity index (χ0n) is 19.3. The Bertz CT molecular complexity index is 999. The lowest BCUT2D eigenvalue weighted by atomic mass is 9.86. The first kappa shape index (κ1) is 26.2. The second-order valence-electron chi connectivity index (χ2n) is 9.58. The van der Waals surface area contributed by atoms with Gasteiger partial charge in [-0.05, 0) is 47.2 Å². The second-order valence-corrected chi connectivity index (χ2v) is 12.1. The van der Waals surface area contributed by atoms with E-state index >= 15 is 0 Å². The summed E-state index contributed by atoms with van der Waals surface area (Å²) in [6, 6.07) is 8.07. The topological polar surface area (TPSA) is 108 Å². The zero-order valence-corrected chi connectivity index (χ0v) is 20.2. The van der Waals surface area contributed by atoms with Gasteiger partial charge in [-0.1, -0.05) is 46.8 Å². The number of halogens is 1. The Kier molecular flexibility index (Phi) is 8.38. The average Bonchev–Trinajstić information content (AvgIpc) is 2.64. The molecule has 0 saturated heterocycles. The third-order valence-corrected chi connectivity index (χ3v) is 7.16. The van der Waals surface area contributed by atoms with E-state index in [1.54, 1.807) is 12.1 Å². The van der Waals surface area contributed by atoms with Crippen LogP contribution in [0.15, 0.2) is 30.3 Å². The molecule has 0 saturated carbocycles. The maximum absolute atomic E-state index is 13.5. The van der Waals surface area contributed by atoms with Crippen LogP contribution in [0.4, 0.5) is 4.39 Å². The highest BCUT2D eigenvalue weighted by Gasteiger charge is 2.27. The minimum atomic E-state index is -3.79. The van der Waals surface area contributed by atoms with Crippen LogP contribution in [0.2, 0.25) is 0 Å². The van der Waals surface area contributed by atoms with Gasteiger partial charge in [0.05, 0.1) is 18.7 Å². The summed E-state index contributed by atoms with van der Waals surface area (Å²) in [4.78, 5) is 26.0. The summed E-state index contributed by atoms with van der Waals surface area (Å²) < 4.78 is 26.3. The Hall–Kier alpha value is -2.08. The molecule has 0 spiro atoms. The predicted molar refractivity (Wildman–Crippen MR) is 124 cm³/mol. The first-order valence-electron chi connectivity index (χ1n) is 10.7. The van der Waals surface area contributed by atoms with Crippen LogP contribution in [-0.2, 0) is 21.2 Å². The first-order valence-corrected chi connectivity index (χ1v) is 12.7. The van der Waals surface area contributed by atoms with Gasteiger partial charge in [0, 0.05) is 23.0 Å². The van der Waals surface area contributed by atoms with Gasteiger partial charge in [-0.15, -0.1) is 0 Å². The normalized spacial score (nSPS) is 14.9. The van der Waals surface area contributed by atoms with Crippen LogP contribution in [0.5, 0.6) is 0 Å². The molecule has 0 aliphatic carbocycles. The number of hydrogen-bond acceptors (Lipinski definition) is 4. The summed E-state index contributed by atoms with van der Waals surface area (Å²) in [6.07, 6.45) is -2.33. The number of hydrogen-bond donors (Lipinski definition) is 3. The van der Waals surface area contributed by atoms with Crippen molar-refractivity contribution in [1.29, 1.82) is 0 Å². The van der Waals surface area contributed by atoms with E-state index in [0.717, 1.165) is 28.1 Å². The van der Waals surface area contributed by atoms with E-state index in [9.17, 15) is 23.7 Å². The lowest BCUT2D eigenvalue weighted by molar-refractivity contribution is -0.138. The molecule has 2 aromatic rings. The molecular weight excluding hydrogens is 432 g/mol. The highest BCUT2D eigenvalue weighted by molar-refractivity contribution is 7.58. The van der Waals surface area contributed by atoms with Crippen molar-refractivity contribution in [3.05, 3.63) is 53.1 Å². The summed E-state index contributed by atoms with van der Waals surface area (Å²) in [5, 5.41) is 18.6. The molecule has 3 N–H and O–H groups in total. The first-order chi connectivity index (χ1) is 14.7. The summed E-state index contributed by atoms with van der Waals surface area (Å²) in [6.45, 7) is 10.2. The van der Waals surface area contributed by atoms with Crippen molar-refractivity contribution in [1.82, 2.24) is 4.98 Å². The van der Waals surface area contributed by atoms with Gasteiger partial charge in [-0.2, -0.15) is 0 Å². The SMILES string of the molecule is CC(C)c1nc(C(C)(C)C)cc(-c2ccc(F)cc2)c1CCP(=O)(O)C[C@@H](O)CC(=O)O. The summed E-state index contributed by atoms with van der Waals surface area (Å²) in [7, 11) is -3.79. The predicted octanol–water partition coefficient (Wildman–Crippen LogP) is 4.96. The van der Waals surface area contributed by atoms with Crippen molar-refractivity contribution in [2.45, 2.75) is 64.9 Å². The fourth-order valence-electron chi connectivity index (χ4n) is 3.58. The molecule has 1 unspecified atom stereocenters. The molecule has 1 heterocycles. The van der Waals surface area contributed by atoms with Crippen LogP contribution in [0.1, 0.15) is 63.9 Å². The van der Waals surface area contributed by atoms with E-state index in [0.29, 0.717) is 0 Å². The van der Waals surface area contributed by atoms with Crippen LogP contribution in [0.3, 0.4) is 0 Å². The third kappa shape index (κ3) is 7.22. The Labute approximate surface area is 189 Å². The Morgan fingerprint density at radius 3 is 2.28 bits per heavy atom. The monoisotopic (exact) mass is 465 g/mol. The van der Waals surface area contributed by atoms with E-state index in [4.69, 9.17) is 10.1 Å². The van der Waals surface area contributed by atoms with Gasteiger partial charge in [0.1, 0.15) is 5.82 Å². The van der Waals surface area contributed by atoms with Crippen molar-refractivity contribution < 1.29 is 28.9 Å². The molecule has 0 fully saturated rings. The van der Waals surface area contributed by atoms with E-state index in [1.807, 2.05) is 19.9 Å². The maximum Gasteiger partial charge on any atom is 0.305 e. The number of aromatic nitrogens is 1. The summed E-state index contributed by atoms with van der Waals surface area (Å²) in [5.41, 5.74) is 3.87. The fraction of sp³-hybridized carbons (Fsp3) is 0.500. The Morgan fingerprint density at radius 1 is 1.19 bits per heavy atom. The van der Waals surface area contributed by atoms with E-state index in [1.165, 1.54) is 12.1 Å². The summed E-state index contributed by atoms with van der Waals surface area (Å²) in [5.74, 6) is -1.53. The van der Waals surface area contributed by atoms with Crippen LogP contribution in [-0.4, -0.2) is 44.5 Å². The molecule has 2 atom stereocenters. The van der Waals surface area contributed by atoms with Crippen LogP contribution < -0.4 is 0 Å². The second kappa shape index (κ2) is 10.2. The van der Waals surface area contributed by atoms with Crippen LogP contribution >= 0.6 is 7.37 Å². The number of pyridine rings is 1. The molecular formula is C24H33FNO5P. The number of aliphatic carboxylic acids is 1. The molecule has 0 amide bonds. The molecule has 0 aliphatic heterocycles. The highest BCUT2D eigenvalue weighted by Crippen LogP contribution is 2.44. The van der Waals surface area contributed by atoms with Crippen molar-refractivity contribution >= 4 is 13.3 Å². The molecule has 0 bridgehead atoms. The van der Waals surface area contributed by atoms with E-state index < -0.39 is 32.0 Å². The molecule has 1 aromatic heterocycles. The smallest absolute Gasteiger partial charge is 0.305 e. The number of rotatable bonds is 9. The van der Waals surface area contributed by atoms with Gasteiger partial charge in [0.2, 0.25) is 7.37 Å². The van der Waals surface area contributed by atoms with Crippen molar-refractivity contribution in [3.8, 4) is 11.1 Å². The van der Waals surface area contributed by atoms with Crippen LogP contribution in [0.25, 0.3) is 11.1 Å². The van der Waals surface area contributed by atoms with Gasteiger partial charge in [-0.3, -0.25) is 14.3 Å². The average molecular weight is 466 g/mol. The van der Waals surface area contributed by atoms with Gasteiger partial charge in [0.15, 0.2) is 0 Å². The van der Waals surface area contributed by atoms with Gasteiger partial charge >= 0.3 is 5.97 Å². The quantitative estimate of drug-likeness (QED) is 0.452. The number of carboxylic acid groups (broad SMARTS) is 1. The molecule has 176 valence electrons. The molecule has 0 aliphatic rings. The number of nitrogens with zero attached hydrogens (tertiary/aromatic N) is 1. The zero-order chi connectivity index (χ0) is 24.3. The lowest BCUT2D eigenvalue weighted by Gasteiger charge is -2.25. The molecule has 32 heavy (non-hydrogen) atoms. The highest BCUT2D eigenvalue weighted by atomic mass is 31.2. The Morgan fingerprint density at radius 2 is 1.78 bits per heavy atom. The number of carboxylic acids is 1. The molecule has 2 rings (SSSR count). The van der Waals surface area contributed by atoms with Crippen molar-refractivity contribution in [2.24, 2.45) is 0 Å². The van der Waals surface area contributed by atoms with Gasteiger partial charge in [0.25, 0.3) is 0 Å². The standard InChI is InChI=1S/C24H33FNO5P/c1-15(2)23-19(10-11-32(30,31)14-18(27)12-22(28)29)20(13-21(26-23)24(3,4)5)16-6-8-17(25)9-7-16/h6-9,13,15,18,27H,10-12,14H2,1-5H3,(H,28,29)(H,30,31)/t18-/m0/s1. The number of aliphatic hydroxyl groups is 1. The lowest BCUT2D eigenvalue weighted by Crippen LogP contribution is -2.19. The minimum absolute atomic E-state index is 0.0437. The van der Waals surface area contributed by atoms with Crippen molar-refractivity contribution in [2.75, 3.05) is 12.3 Å². The van der Waals surface area contributed by atoms with E-state index in [2.05, 4.69) is 20.8 Å². The van der Waals surface area contributed by atoms with Crippen molar-refractivity contribution in [3.63, 3.8) is 0 Å². The number of aliphatic hydroxyl groups excluding tert-OH is 1. The summed E-state index contributed by atoms with van der Waals surface area (Å²) >= 11 is 0. The van der Waals surface area contributed by atoms with E-state index in [-0.39, 0.29) is 29.7 Å². The van der Waals surface area contributed by atoms with Gasteiger partial charge in [-0.25, -0.2) is 4.39 Å². The minimum Gasteiger partial charge on any atom is -0.481 e. The Balaban J connectivity index is 2.50. The molecule has 0 radical (unpaired) electrons. The molecule has 8 heteroatoms. The fourth-order valence-corrected chi connectivity index (χ4v) is 5.12. The maximum atomic E-state index is 13.5. The van der Waals surface area contributed by atoms with Crippen LogP contribution in [0, 0.1) is 5.82 Å². The molecule has 6 nitrogen and oxygen atoms in total. The largest absolute Gasteiger partial charge is 0.481 e. The number of benzene rings is 1. The third-order valence-electron chi connectivity index (χ3n) is 5.24. The molecule has 1 aromatic carbocycles. The van der Waals surface area contributed by atoms with Gasteiger partial charge < -0.3 is 15.1 Å². The number of carbonyl (C=O) groups is 1.